The highest BCUT2D eigenvalue weighted by atomic mass is 35.5. The Morgan fingerprint density at radius 3 is 2.67 bits per heavy atom. The molecule has 0 aromatic heterocycles. The molecule has 0 aliphatic carbocycles. The summed E-state index contributed by atoms with van der Waals surface area (Å²) < 4.78 is 0. The maximum absolute atomic E-state index is 10.6. The number of halogens is 1. The first-order valence-electron chi connectivity index (χ1n) is 4.39. The first kappa shape index (κ1) is 11.7. The molecule has 0 saturated heterocycles. The summed E-state index contributed by atoms with van der Waals surface area (Å²) in [7, 11) is 1.82. The molecule has 2 N–H and O–H groups in total. The van der Waals surface area contributed by atoms with E-state index in [2.05, 4.69) is 0 Å². The Morgan fingerprint density at radius 1 is 1.53 bits per heavy atom. The van der Waals surface area contributed by atoms with Gasteiger partial charge in [-0.25, -0.2) is 4.79 Å². The Labute approximate surface area is 92.7 Å². The maximum atomic E-state index is 10.6. The van der Waals surface area contributed by atoms with E-state index in [9.17, 15) is 9.90 Å². The van der Waals surface area contributed by atoms with Crippen molar-refractivity contribution >= 4 is 23.3 Å². The zero-order valence-corrected chi connectivity index (χ0v) is 9.03. The lowest BCUT2D eigenvalue weighted by molar-refractivity contribution is 0.0694. The van der Waals surface area contributed by atoms with Crippen LogP contribution in [0.3, 0.4) is 0 Å². The van der Waals surface area contributed by atoms with Crippen molar-refractivity contribution in [3.05, 3.63) is 23.8 Å². The fourth-order valence-corrected chi connectivity index (χ4v) is 1.45. The summed E-state index contributed by atoms with van der Waals surface area (Å²) in [6.45, 7) is 0.632. The van der Waals surface area contributed by atoms with Gasteiger partial charge < -0.3 is 15.1 Å². The molecule has 1 rings (SSSR count). The second-order valence-corrected chi connectivity index (χ2v) is 3.50. The van der Waals surface area contributed by atoms with Crippen LogP contribution in [-0.4, -0.2) is 35.7 Å². The van der Waals surface area contributed by atoms with Crippen LogP contribution < -0.4 is 4.90 Å². The highest BCUT2D eigenvalue weighted by Crippen LogP contribution is 2.23. The Kier molecular flexibility index (Phi) is 3.80. The number of rotatable bonds is 4. The van der Waals surface area contributed by atoms with E-state index in [4.69, 9.17) is 16.7 Å². The minimum atomic E-state index is -1.14. The number of anilines is 1. The molecule has 0 radical (unpaired) electrons. The predicted octanol–water partition coefficient (Wildman–Crippen LogP) is 1.77. The lowest BCUT2D eigenvalue weighted by atomic mass is 10.1. The molecular formula is C10H12ClNO3. The van der Waals surface area contributed by atoms with Gasteiger partial charge in [-0.3, -0.25) is 0 Å². The third kappa shape index (κ3) is 2.76. The number of hydrogen-bond acceptors (Lipinski definition) is 3. The van der Waals surface area contributed by atoms with Gasteiger partial charge in [0.15, 0.2) is 0 Å². The standard InChI is InChI=1S/C10H12ClNO3/c1-12(5-4-11)7-2-3-8(10(14)15)9(13)6-7/h2-3,6,13H,4-5H2,1H3,(H,14,15). The van der Waals surface area contributed by atoms with E-state index in [0.29, 0.717) is 12.4 Å². The van der Waals surface area contributed by atoms with Crippen LogP contribution in [0.25, 0.3) is 0 Å². The molecule has 82 valence electrons. The van der Waals surface area contributed by atoms with Crippen molar-refractivity contribution in [3.8, 4) is 5.75 Å². The van der Waals surface area contributed by atoms with Gasteiger partial charge in [0.2, 0.25) is 0 Å². The number of hydrogen-bond donors (Lipinski definition) is 2. The van der Waals surface area contributed by atoms with Gasteiger partial charge in [0.25, 0.3) is 0 Å². The highest BCUT2D eigenvalue weighted by molar-refractivity contribution is 6.18. The summed E-state index contributed by atoms with van der Waals surface area (Å²) in [6, 6.07) is 4.42. The van der Waals surface area contributed by atoms with Crippen LogP contribution in [0.4, 0.5) is 5.69 Å². The van der Waals surface area contributed by atoms with Crippen molar-refractivity contribution in [2.24, 2.45) is 0 Å². The van der Waals surface area contributed by atoms with Crippen LogP contribution in [0, 0.1) is 0 Å². The van der Waals surface area contributed by atoms with Crippen molar-refractivity contribution in [2.45, 2.75) is 0 Å². The topological polar surface area (TPSA) is 60.8 Å². The number of phenols is 1. The molecule has 5 heteroatoms. The number of carboxylic acid groups (broad SMARTS) is 1. The summed E-state index contributed by atoms with van der Waals surface area (Å²) in [4.78, 5) is 12.5. The minimum Gasteiger partial charge on any atom is -0.507 e. The molecule has 1 aromatic rings. The number of aromatic carboxylic acids is 1. The second-order valence-electron chi connectivity index (χ2n) is 3.12. The first-order valence-corrected chi connectivity index (χ1v) is 4.93. The van der Waals surface area contributed by atoms with Crippen molar-refractivity contribution in [1.29, 1.82) is 0 Å². The first-order chi connectivity index (χ1) is 7.06. The number of nitrogens with zero attached hydrogens (tertiary/aromatic N) is 1. The van der Waals surface area contributed by atoms with Gasteiger partial charge in [0.1, 0.15) is 11.3 Å². The van der Waals surface area contributed by atoms with E-state index in [-0.39, 0.29) is 11.3 Å². The summed E-state index contributed by atoms with van der Waals surface area (Å²) in [5.74, 6) is -0.904. The van der Waals surface area contributed by atoms with Gasteiger partial charge in [-0.05, 0) is 12.1 Å². The molecule has 0 saturated carbocycles. The maximum Gasteiger partial charge on any atom is 0.339 e. The molecule has 0 fully saturated rings. The molecule has 0 atom stereocenters. The van der Waals surface area contributed by atoms with E-state index < -0.39 is 5.97 Å². The predicted molar refractivity (Wildman–Crippen MR) is 59.1 cm³/mol. The van der Waals surface area contributed by atoms with E-state index >= 15 is 0 Å². The van der Waals surface area contributed by atoms with Crippen LogP contribution >= 0.6 is 11.6 Å². The summed E-state index contributed by atoms with van der Waals surface area (Å²) in [5.41, 5.74) is 0.635. The summed E-state index contributed by atoms with van der Waals surface area (Å²) in [6.07, 6.45) is 0. The van der Waals surface area contributed by atoms with Gasteiger partial charge in [0, 0.05) is 31.2 Å². The molecule has 0 bridgehead atoms. The van der Waals surface area contributed by atoms with Gasteiger partial charge in [-0.2, -0.15) is 0 Å². The van der Waals surface area contributed by atoms with E-state index in [1.807, 2.05) is 11.9 Å². The quantitative estimate of drug-likeness (QED) is 0.773. The Balaban J connectivity index is 2.96. The number of carboxylic acids is 1. The Bertz CT molecular complexity index is 368. The zero-order valence-electron chi connectivity index (χ0n) is 8.27. The lowest BCUT2D eigenvalue weighted by Crippen LogP contribution is -2.19. The number of benzene rings is 1. The van der Waals surface area contributed by atoms with Gasteiger partial charge in [-0.1, -0.05) is 0 Å². The second kappa shape index (κ2) is 4.89. The fraction of sp³-hybridized carbons (Fsp3) is 0.300. The lowest BCUT2D eigenvalue weighted by Gasteiger charge is -2.18. The smallest absolute Gasteiger partial charge is 0.339 e. The number of aromatic hydroxyl groups is 1. The minimum absolute atomic E-state index is 0.0991. The van der Waals surface area contributed by atoms with Crippen LogP contribution in [0.1, 0.15) is 10.4 Å². The molecule has 0 unspecified atom stereocenters. The van der Waals surface area contributed by atoms with Crippen LogP contribution in [0.5, 0.6) is 5.75 Å². The van der Waals surface area contributed by atoms with Crippen molar-refractivity contribution < 1.29 is 15.0 Å². The molecule has 0 spiro atoms. The molecule has 0 heterocycles. The molecule has 0 amide bonds. The van der Waals surface area contributed by atoms with Crippen molar-refractivity contribution in [3.63, 3.8) is 0 Å². The van der Waals surface area contributed by atoms with Crippen LogP contribution in [0.15, 0.2) is 18.2 Å². The monoisotopic (exact) mass is 229 g/mol. The van der Waals surface area contributed by atoms with Crippen molar-refractivity contribution in [2.75, 3.05) is 24.4 Å². The summed E-state index contributed by atoms with van der Waals surface area (Å²) >= 11 is 5.57. The van der Waals surface area contributed by atoms with Gasteiger partial charge in [0.05, 0.1) is 0 Å². The molecule has 1 aromatic carbocycles. The average Bonchev–Trinajstić information content (AvgIpc) is 2.17. The van der Waals surface area contributed by atoms with E-state index in [1.54, 1.807) is 6.07 Å². The SMILES string of the molecule is CN(CCCl)c1ccc(C(=O)O)c(O)c1. The largest absolute Gasteiger partial charge is 0.507 e. The highest BCUT2D eigenvalue weighted by Gasteiger charge is 2.10. The molecule has 4 nitrogen and oxygen atoms in total. The Morgan fingerprint density at radius 2 is 2.20 bits per heavy atom. The average molecular weight is 230 g/mol. The fourth-order valence-electron chi connectivity index (χ4n) is 1.19. The Hall–Kier alpha value is -1.42. The normalized spacial score (nSPS) is 10.0. The third-order valence-electron chi connectivity index (χ3n) is 2.07. The number of carbonyl (C=O) groups is 1. The van der Waals surface area contributed by atoms with Gasteiger partial charge in [-0.15, -0.1) is 11.6 Å². The molecule has 15 heavy (non-hydrogen) atoms. The van der Waals surface area contributed by atoms with E-state index in [1.165, 1.54) is 12.1 Å². The van der Waals surface area contributed by atoms with Crippen molar-refractivity contribution in [1.82, 2.24) is 0 Å². The molecule has 0 aliphatic heterocycles. The van der Waals surface area contributed by atoms with Crippen LogP contribution in [0.2, 0.25) is 0 Å². The third-order valence-corrected chi connectivity index (χ3v) is 2.24. The molecule has 0 aliphatic rings. The number of alkyl halides is 1. The molecular weight excluding hydrogens is 218 g/mol. The summed E-state index contributed by atoms with van der Waals surface area (Å²) in [5, 5.41) is 18.1. The van der Waals surface area contributed by atoms with Crippen LogP contribution in [-0.2, 0) is 0 Å². The zero-order chi connectivity index (χ0) is 11.4. The van der Waals surface area contributed by atoms with Gasteiger partial charge >= 0.3 is 5.97 Å². The van der Waals surface area contributed by atoms with E-state index in [0.717, 1.165) is 5.69 Å².